The maximum absolute atomic E-state index is 8.85. The maximum Gasteiger partial charge on any atom is 0.0620 e. The van der Waals surface area contributed by atoms with Gasteiger partial charge in [-0.25, -0.2) is 0 Å². The van der Waals surface area contributed by atoms with E-state index in [9.17, 15) is 0 Å². The van der Waals surface area contributed by atoms with Crippen molar-refractivity contribution in [2.24, 2.45) is 5.41 Å². The Kier molecular flexibility index (Phi) is 8.02. The van der Waals surface area contributed by atoms with Crippen molar-refractivity contribution in [2.45, 2.75) is 46.6 Å². The van der Waals surface area contributed by atoms with Crippen LogP contribution in [-0.2, 0) is 4.74 Å². The highest BCUT2D eigenvalue weighted by molar-refractivity contribution is 4.65. The Morgan fingerprint density at radius 3 is 2.47 bits per heavy atom. The number of hydrogen-bond donors (Lipinski definition) is 2. The van der Waals surface area contributed by atoms with Crippen LogP contribution in [0.5, 0.6) is 0 Å². The summed E-state index contributed by atoms with van der Waals surface area (Å²) in [5.41, 5.74) is 0.338. The van der Waals surface area contributed by atoms with E-state index in [0.29, 0.717) is 18.1 Å². The van der Waals surface area contributed by atoms with Crippen LogP contribution < -0.4 is 5.32 Å². The van der Waals surface area contributed by atoms with E-state index in [4.69, 9.17) is 9.84 Å². The Morgan fingerprint density at radius 1 is 1.33 bits per heavy atom. The fraction of sp³-hybridized carbons (Fsp3) is 1.00. The van der Waals surface area contributed by atoms with E-state index >= 15 is 0 Å². The molecule has 0 heterocycles. The summed E-state index contributed by atoms with van der Waals surface area (Å²) >= 11 is 0. The minimum atomic E-state index is 0.223. The number of aliphatic hydroxyl groups is 1. The van der Waals surface area contributed by atoms with Gasteiger partial charge in [-0.2, -0.15) is 0 Å². The molecule has 0 fully saturated rings. The third-order valence-electron chi connectivity index (χ3n) is 2.29. The first kappa shape index (κ1) is 14.9. The van der Waals surface area contributed by atoms with E-state index in [-0.39, 0.29) is 6.61 Å². The molecule has 1 unspecified atom stereocenters. The lowest BCUT2D eigenvalue weighted by Crippen LogP contribution is -2.34. The first-order valence-electron chi connectivity index (χ1n) is 5.91. The number of nitrogens with one attached hydrogen (secondary N) is 1. The average molecular weight is 217 g/mol. The molecule has 0 amide bonds. The second kappa shape index (κ2) is 8.08. The van der Waals surface area contributed by atoms with E-state index in [0.717, 1.165) is 26.0 Å². The van der Waals surface area contributed by atoms with Crippen LogP contribution in [0.1, 0.15) is 40.5 Å². The lowest BCUT2D eigenvalue weighted by atomic mass is 9.93. The Balaban J connectivity index is 3.52. The minimum Gasteiger partial charge on any atom is -0.396 e. The van der Waals surface area contributed by atoms with E-state index in [1.54, 1.807) is 0 Å². The van der Waals surface area contributed by atoms with Crippen LogP contribution >= 0.6 is 0 Å². The average Bonchev–Trinajstić information content (AvgIpc) is 2.11. The van der Waals surface area contributed by atoms with Gasteiger partial charge < -0.3 is 15.2 Å². The molecule has 0 aromatic heterocycles. The first-order valence-corrected chi connectivity index (χ1v) is 5.91. The summed E-state index contributed by atoms with van der Waals surface area (Å²) in [6, 6.07) is 0.292. The molecule has 0 bridgehead atoms. The zero-order valence-corrected chi connectivity index (χ0v) is 10.7. The highest BCUT2D eigenvalue weighted by Crippen LogP contribution is 2.17. The summed E-state index contributed by atoms with van der Waals surface area (Å²) in [6.45, 7) is 11.4. The van der Waals surface area contributed by atoms with Crippen molar-refractivity contribution >= 4 is 0 Å². The zero-order valence-electron chi connectivity index (χ0n) is 10.7. The van der Waals surface area contributed by atoms with Crippen molar-refractivity contribution in [3.05, 3.63) is 0 Å². The van der Waals surface area contributed by atoms with Gasteiger partial charge in [0.1, 0.15) is 0 Å². The van der Waals surface area contributed by atoms with Gasteiger partial charge in [0, 0.05) is 19.3 Å². The van der Waals surface area contributed by atoms with Crippen LogP contribution in [0.2, 0.25) is 0 Å². The third kappa shape index (κ3) is 10.2. The van der Waals surface area contributed by atoms with Gasteiger partial charge in [-0.3, -0.25) is 0 Å². The zero-order chi connectivity index (χ0) is 11.7. The first-order chi connectivity index (χ1) is 6.99. The van der Waals surface area contributed by atoms with Gasteiger partial charge in [-0.05, 0) is 24.8 Å². The molecule has 2 N–H and O–H groups in total. The quantitative estimate of drug-likeness (QED) is 0.609. The standard InChI is InChI=1S/C12H27NO2/c1-5-13-11(6-8-14)10-15-9-7-12(2,3)4/h11,13-14H,5-10H2,1-4H3. The largest absolute Gasteiger partial charge is 0.396 e. The summed E-state index contributed by atoms with van der Waals surface area (Å²) < 4.78 is 5.60. The maximum atomic E-state index is 8.85. The van der Waals surface area contributed by atoms with E-state index in [1.165, 1.54) is 0 Å². The lowest BCUT2D eigenvalue weighted by molar-refractivity contribution is 0.0831. The SMILES string of the molecule is CCNC(CCO)COCCC(C)(C)C. The highest BCUT2D eigenvalue weighted by Gasteiger charge is 2.11. The van der Waals surface area contributed by atoms with Crippen molar-refractivity contribution in [3.8, 4) is 0 Å². The van der Waals surface area contributed by atoms with Crippen molar-refractivity contribution in [1.29, 1.82) is 0 Å². The van der Waals surface area contributed by atoms with E-state index < -0.39 is 0 Å². The summed E-state index contributed by atoms with van der Waals surface area (Å²) in [4.78, 5) is 0. The lowest BCUT2D eigenvalue weighted by Gasteiger charge is -2.20. The Hall–Kier alpha value is -0.120. The molecule has 0 rings (SSSR count). The molecule has 0 saturated carbocycles. The number of rotatable bonds is 8. The molecule has 92 valence electrons. The third-order valence-corrected chi connectivity index (χ3v) is 2.29. The molecular formula is C12H27NO2. The molecular weight excluding hydrogens is 190 g/mol. The van der Waals surface area contributed by atoms with Crippen molar-refractivity contribution in [2.75, 3.05) is 26.4 Å². The molecule has 0 aliphatic rings. The molecule has 0 aromatic rings. The summed E-state index contributed by atoms with van der Waals surface area (Å²) in [7, 11) is 0. The van der Waals surface area contributed by atoms with Gasteiger partial charge in [0.15, 0.2) is 0 Å². The Bertz CT molecular complexity index is 137. The second-order valence-electron chi connectivity index (χ2n) is 5.15. The molecule has 0 aliphatic carbocycles. The van der Waals surface area contributed by atoms with Crippen LogP contribution in [0.15, 0.2) is 0 Å². The smallest absolute Gasteiger partial charge is 0.0620 e. The fourth-order valence-electron chi connectivity index (χ4n) is 1.29. The molecule has 0 aromatic carbocycles. The van der Waals surface area contributed by atoms with Gasteiger partial charge in [0.2, 0.25) is 0 Å². The summed E-state index contributed by atoms with van der Waals surface area (Å²) in [5, 5.41) is 12.1. The second-order valence-corrected chi connectivity index (χ2v) is 5.15. The number of hydrogen-bond acceptors (Lipinski definition) is 3. The molecule has 3 heteroatoms. The van der Waals surface area contributed by atoms with E-state index in [1.807, 2.05) is 0 Å². The van der Waals surface area contributed by atoms with Gasteiger partial charge in [-0.1, -0.05) is 27.7 Å². The molecule has 3 nitrogen and oxygen atoms in total. The van der Waals surface area contributed by atoms with Crippen LogP contribution in [-0.4, -0.2) is 37.5 Å². The molecule has 15 heavy (non-hydrogen) atoms. The normalized spacial score (nSPS) is 14.2. The van der Waals surface area contributed by atoms with Gasteiger partial charge >= 0.3 is 0 Å². The van der Waals surface area contributed by atoms with Crippen LogP contribution in [0.3, 0.4) is 0 Å². The van der Waals surface area contributed by atoms with Crippen LogP contribution in [0.25, 0.3) is 0 Å². The summed E-state index contributed by atoms with van der Waals surface area (Å²) in [6.07, 6.45) is 1.84. The van der Waals surface area contributed by atoms with Crippen LogP contribution in [0.4, 0.5) is 0 Å². The monoisotopic (exact) mass is 217 g/mol. The van der Waals surface area contributed by atoms with Crippen LogP contribution in [0, 0.1) is 5.41 Å². The van der Waals surface area contributed by atoms with Gasteiger partial charge in [0.05, 0.1) is 6.61 Å². The van der Waals surface area contributed by atoms with Gasteiger partial charge in [-0.15, -0.1) is 0 Å². The predicted octanol–water partition coefficient (Wildman–Crippen LogP) is 1.80. The topological polar surface area (TPSA) is 41.5 Å². The molecule has 0 saturated heterocycles. The number of ether oxygens (including phenoxy) is 1. The van der Waals surface area contributed by atoms with Crippen molar-refractivity contribution < 1.29 is 9.84 Å². The van der Waals surface area contributed by atoms with Crippen molar-refractivity contribution in [1.82, 2.24) is 5.32 Å². The predicted molar refractivity (Wildman–Crippen MR) is 64.1 cm³/mol. The van der Waals surface area contributed by atoms with Crippen molar-refractivity contribution in [3.63, 3.8) is 0 Å². The highest BCUT2D eigenvalue weighted by atomic mass is 16.5. The number of aliphatic hydroxyl groups excluding tert-OH is 1. The van der Waals surface area contributed by atoms with Gasteiger partial charge in [0.25, 0.3) is 0 Å². The molecule has 1 atom stereocenters. The molecule has 0 spiro atoms. The summed E-state index contributed by atoms with van der Waals surface area (Å²) in [5.74, 6) is 0. The Morgan fingerprint density at radius 2 is 2.00 bits per heavy atom. The number of likely N-dealkylation sites (N-methyl/N-ethyl adjacent to an activating group) is 1. The molecule has 0 aliphatic heterocycles. The minimum absolute atomic E-state index is 0.223. The molecule has 0 radical (unpaired) electrons. The fourth-order valence-corrected chi connectivity index (χ4v) is 1.29. The van der Waals surface area contributed by atoms with E-state index in [2.05, 4.69) is 33.0 Å². The Labute approximate surface area is 94.2 Å².